The van der Waals surface area contributed by atoms with Crippen molar-refractivity contribution < 1.29 is 4.63 Å². The zero-order valence-corrected chi connectivity index (χ0v) is 6.97. The first-order chi connectivity index (χ1) is 5.95. The maximum absolute atomic E-state index is 4.66. The van der Waals surface area contributed by atoms with Crippen LogP contribution < -0.4 is 0 Å². The van der Waals surface area contributed by atoms with Crippen molar-refractivity contribution in [3.8, 4) is 11.4 Å². The lowest BCUT2D eigenvalue weighted by molar-refractivity contribution is 0.304. The van der Waals surface area contributed by atoms with Crippen LogP contribution in [-0.4, -0.2) is 15.3 Å². The summed E-state index contributed by atoms with van der Waals surface area (Å²) < 4.78 is 4.66. The Morgan fingerprint density at radius 3 is 3.25 bits per heavy atom. The third kappa shape index (κ3) is 0.687. The van der Waals surface area contributed by atoms with E-state index in [1.54, 1.807) is 11.3 Å². The smallest absolute Gasteiger partial charge is 0.157 e. The van der Waals surface area contributed by atoms with Crippen LogP contribution in [0.3, 0.4) is 0 Å². The maximum Gasteiger partial charge on any atom is 0.157 e. The van der Waals surface area contributed by atoms with Crippen molar-refractivity contribution in [3.63, 3.8) is 0 Å². The van der Waals surface area contributed by atoms with Gasteiger partial charge in [-0.05, 0) is 11.6 Å². The highest BCUT2D eigenvalue weighted by atomic mass is 32.1. The summed E-state index contributed by atoms with van der Waals surface area (Å²) in [6, 6.07) is 0. The minimum atomic E-state index is 0.831. The molecule has 12 heavy (non-hydrogen) atoms. The lowest BCUT2D eigenvalue weighted by Crippen LogP contribution is -2.00. The van der Waals surface area contributed by atoms with Crippen LogP contribution in [-0.2, 0) is 12.8 Å². The molecule has 4 nitrogen and oxygen atoms in total. The first-order valence-electron chi connectivity index (χ1n) is 3.69. The number of nitrogens with zero attached hydrogens (tertiary/aromatic N) is 3. The highest BCUT2D eigenvalue weighted by Crippen LogP contribution is 2.31. The van der Waals surface area contributed by atoms with Crippen LogP contribution in [0, 0.1) is 0 Å². The molecule has 0 spiro atoms. The molecule has 0 atom stereocenters. The third-order valence-corrected chi connectivity index (χ3v) is 2.90. The average Bonchev–Trinajstić information content (AvgIpc) is 2.71. The maximum atomic E-state index is 4.66. The molecule has 0 bridgehead atoms. The van der Waals surface area contributed by atoms with Crippen LogP contribution in [0.2, 0.25) is 0 Å². The lowest BCUT2D eigenvalue weighted by atomic mass is 10.0. The second kappa shape index (κ2) is 2.13. The molecule has 60 valence electrons. The van der Waals surface area contributed by atoms with E-state index in [0.717, 1.165) is 29.9 Å². The minimum absolute atomic E-state index is 0.831. The van der Waals surface area contributed by atoms with Gasteiger partial charge in [-0.3, -0.25) is 0 Å². The topological polar surface area (TPSA) is 51.8 Å². The Morgan fingerprint density at radius 1 is 1.25 bits per heavy atom. The number of hydrogen-bond donors (Lipinski definition) is 0. The molecule has 0 N–H and O–H groups in total. The fourth-order valence-electron chi connectivity index (χ4n) is 1.42. The van der Waals surface area contributed by atoms with Gasteiger partial charge in [0.15, 0.2) is 5.69 Å². The normalized spacial score (nSPS) is 14.0. The summed E-state index contributed by atoms with van der Waals surface area (Å²) in [6.45, 7) is 0. The number of thiazole rings is 1. The number of aromatic nitrogens is 3. The van der Waals surface area contributed by atoms with Gasteiger partial charge in [0.1, 0.15) is 11.4 Å². The van der Waals surface area contributed by atoms with E-state index in [9.17, 15) is 0 Å². The van der Waals surface area contributed by atoms with Crippen molar-refractivity contribution in [2.24, 2.45) is 0 Å². The van der Waals surface area contributed by atoms with Gasteiger partial charge in [-0.25, -0.2) is 9.61 Å². The summed E-state index contributed by atoms with van der Waals surface area (Å²) in [5.74, 6) is 0. The molecular formula is C7H5N3OS. The van der Waals surface area contributed by atoms with E-state index in [1.807, 2.05) is 5.51 Å². The van der Waals surface area contributed by atoms with E-state index in [0.29, 0.717) is 0 Å². The van der Waals surface area contributed by atoms with Crippen LogP contribution >= 0.6 is 11.3 Å². The SMILES string of the molecule is c1nc2c(s1)CCc1nonc1-2. The zero-order chi connectivity index (χ0) is 7.97. The highest BCUT2D eigenvalue weighted by molar-refractivity contribution is 7.10. The molecule has 0 radical (unpaired) electrons. The van der Waals surface area contributed by atoms with E-state index in [4.69, 9.17) is 0 Å². The number of rotatable bonds is 0. The Balaban J connectivity index is 2.32. The number of fused-ring (bicyclic) bond motifs is 3. The van der Waals surface area contributed by atoms with Gasteiger partial charge < -0.3 is 0 Å². The van der Waals surface area contributed by atoms with Crippen molar-refractivity contribution in [1.82, 2.24) is 15.3 Å². The van der Waals surface area contributed by atoms with E-state index >= 15 is 0 Å². The zero-order valence-electron chi connectivity index (χ0n) is 6.15. The molecule has 0 saturated carbocycles. The van der Waals surface area contributed by atoms with Crippen LogP contribution in [0.25, 0.3) is 11.4 Å². The highest BCUT2D eigenvalue weighted by Gasteiger charge is 2.23. The Bertz CT molecular complexity index is 379. The second-order valence-electron chi connectivity index (χ2n) is 2.68. The van der Waals surface area contributed by atoms with E-state index in [2.05, 4.69) is 19.9 Å². The van der Waals surface area contributed by atoms with Crippen molar-refractivity contribution >= 4 is 11.3 Å². The predicted molar refractivity (Wildman–Crippen MR) is 42.8 cm³/mol. The summed E-state index contributed by atoms with van der Waals surface area (Å²) in [7, 11) is 0. The molecule has 0 saturated heterocycles. The molecular weight excluding hydrogens is 174 g/mol. The van der Waals surface area contributed by atoms with E-state index < -0.39 is 0 Å². The van der Waals surface area contributed by atoms with Crippen molar-refractivity contribution in [3.05, 3.63) is 16.1 Å². The fourth-order valence-corrected chi connectivity index (χ4v) is 2.19. The summed E-state index contributed by atoms with van der Waals surface area (Å²) in [5.41, 5.74) is 4.57. The monoisotopic (exact) mass is 179 g/mol. The first kappa shape index (κ1) is 6.30. The predicted octanol–water partition coefficient (Wildman–Crippen LogP) is 1.29. The van der Waals surface area contributed by atoms with Gasteiger partial charge in [0.05, 0.1) is 5.51 Å². The van der Waals surface area contributed by atoms with Gasteiger partial charge in [-0.15, -0.1) is 11.3 Å². The van der Waals surface area contributed by atoms with Crippen LogP contribution in [0.15, 0.2) is 10.1 Å². The minimum Gasteiger partial charge on any atom is -0.244 e. The standard InChI is InChI=1S/C7H5N3OS/c1-2-5-7(8-3-12-5)6-4(1)9-11-10-6/h3H,1-2H2. The summed E-state index contributed by atoms with van der Waals surface area (Å²) in [4.78, 5) is 5.52. The lowest BCUT2D eigenvalue weighted by Gasteiger charge is -2.04. The third-order valence-electron chi connectivity index (χ3n) is 2.01. The second-order valence-corrected chi connectivity index (χ2v) is 3.62. The molecule has 2 heterocycles. The molecule has 5 heteroatoms. The van der Waals surface area contributed by atoms with Gasteiger partial charge in [0.25, 0.3) is 0 Å². The molecule has 1 aliphatic rings. The first-order valence-corrected chi connectivity index (χ1v) is 4.57. The van der Waals surface area contributed by atoms with Gasteiger partial charge in [-0.1, -0.05) is 5.16 Å². The number of aryl methyl sites for hydroxylation is 2. The largest absolute Gasteiger partial charge is 0.244 e. The molecule has 2 aromatic heterocycles. The molecule has 1 aliphatic carbocycles. The van der Waals surface area contributed by atoms with Gasteiger partial charge >= 0.3 is 0 Å². The fraction of sp³-hybridized carbons (Fsp3) is 0.286. The van der Waals surface area contributed by atoms with Gasteiger partial charge in [0.2, 0.25) is 0 Å². The van der Waals surface area contributed by atoms with Gasteiger partial charge in [0, 0.05) is 11.3 Å². The average molecular weight is 179 g/mol. The van der Waals surface area contributed by atoms with Crippen LogP contribution in [0.1, 0.15) is 10.6 Å². The van der Waals surface area contributed by atoms with Crippen LogP contribution in [0.5, 0.6) is 0 Å². The van der Waals surface area contributed by atoms with E-state index in [1.165, 1.54) is 4.88 Å². The van der Waals surface area contributed by atoms with Crippen molar-refractivity contribution in [1.29, 1.82) is 0 Å². The molecule has 0 aromatic carbocycles. The Kier molecular flexibility index (Phi) is 1.12. The summed E-state index contributed by atoms with van der Waals surface area (Å²) in [5, 5.41) is 7.64. The quantitative estimate of drug-likeness (QED) is 0.611. The number of hydrogen-bond acceptors (Lipinski definition) is 5. The molecule has 0 amide bonds. The van der Waals surface area contributed by atoms with Crippen molar-refractivity contribution in [2.45, 2.75) is 12.8 Å². The summed E-state index contributed by atoms with van der Waals surface area (Å²) in [6.07, 6.45) is 1.94. The summed E-state index contributed by atoms with van der Waals surface area (Å²) >= 11 is 1.67. The molecule has 0 unspecified atom stereocenters. The molecule has 0 aliphatic heterocycles. The van der Waals surface area contributed by atoms with Gasteiger partial charge in [-0.2, -0.15) is 0 Å². The molecule has 0 fully saturated rings. The Labute approximate surface area is 72.2 Å². The Hall–Kier alpha value is -1.23. The van der Waals surface area contributed by atoms with Crippen LogP contribution in [0.4, 0.5) is 0 Å². The van der Waals surface area contributed by atoms with Crippen molar-refractivity contribution in [2.75, 3.05) is 0 Å². The van der Waals surface area contributed by atoms with E-state index in [-0.39, 0.29) is 0 Å². The Morgan fingerprint density at radius 2 is 2.25 bits per heavy atom. The molecule has 2 aromatic rings. The molecule has 3 rings (SSSR count).